The first-order valence-corrected chi connectivity index (χ1v) is 3.35. The molecule has 5 nitrogen and oxygen atoms in total. The van der Waals surface area contributed by atoms with Crippen molar-refractivity contribution >= 4 is 11.9 Å². The van der Waals surface area contributed by atoms with E-state index >= 15 is 0 Å². The van der Waals surface area contributed by atoms with E-state index in [9.17, 15) is 9.59 Å². The fourth-order valence-corrected chi connectivity index (χ4v) is 0.565. The van der Waals surface area contributed by atoms with Crippen LogP contribution in [0.5, 0.6) is 0 Å². The Kier molecular flexibility index (Phi) is 5.10. The highest BCUT2D eigenvalue weighted by molar-refractivity contribution is 5.77. The predicted molar refractivity (Wildman–Crippen MR) is 38.9 cm³/mol. The minimum absolute atomic E-state index is 0.204. The van der Waals surface area contributed by atoms with E-state index in [1.165, 1.54) is 0 Å². The maximum atomic E-state index is 10.1. The second-order valence-electron chi connectivity index (χ2n) is 2.05. The van der Waals surface area contributed by atoms with Crippen molar-refractivity contribution in [2.75, 3.05) is 13.1 Å². The Hall–Kier alpha value is -1.10. The van der Waals surface area contributed by atoms with Crippen molar-refractivity contribution in [3.8, 4) is 0 Å². The third-order valence-corrected chi connectivity index (χ3v) is 1.08. The monoisotopic (exact) mass is 160 g/mol. The fraction of sp³-hybridized carbons (Fsp3) is 0.667. The molecule has 1 heterocycles. The Morgan fingerprint density at radius 3 is 2.36 bits per heavy atom. The molecule has 64 valence electrons. The number of hydrogen-bond acceptors (Lipinski definition) is 3. The van der Waals surface area contributed by atoms with Crippen molar-refractivity contribution in [1.82, 2.24) is 5.32 Å². The van der Waals surface area contributed by atoms with Gasteiger partial charge in [0.1, 0.15) is 0 Å². The summed E-state index contributed by atoms with van der Waals surface area (Å²) < 4.78 is 0. The average molecular weight is 160 g/mol. The second kappa shape index (κ2) is 5.67. The van der Waals surface area contributed by atoms with Crippen molar-refractivity contribution in [1.29, 1.82) is 0 Å². The topological polar surface area (TPSA) is 92.4 Å². The SMILES string of the molecule is NCC(=O)O.O=C1CCCN1. The Bertz CT molecular complexity index is 139. The highest BCUT2D eigenvalue weighted by Crippen LogP contribution is 1.93. The third kappa shape index (κ3) is 6.79. The average Bonchev–Trinajstić information content (AvgIpc) is 2.41. The molecule has 0 aromatic rings. The molecule has 0 aromatic heterocycles. The van der Waals surface area contributed by atoms with E-state index < -0.39 is 5.97 Å². The summed E-state index contributed by atoms with van der Waals surface area (Å²) in [4.78, 5) is 19.4. The standard InChI is InChI=1S/C4H7NO.C2H5NO2/c6-4-2-1-3-5-4;3-1-2(4)5/h1-3H2,(H,5,6);1,3H2,(H,4,5). The molecule has 0 atom stereocenters. The molecule has 1 amide bonds. The molecule has 11 heavy (non-hydrogen) atoms. The lowest BCUT2D eigenvalue weighted by Crippen LogP contribution is -2.12. The van der Waals surface area contributed by atoms with E-state index in [2.05, 4.69) is 11.1 Å². The van der Waals surface area contributed by atoms with E-state index in [-0.39, 0.29) is 12.5 Å². The predicted octanol–water partition coefficient (Wildman–Crippen LogP) is -1.07. The number of nitrogens with two attached hydrogens (primary N) is 1. The Morgan fingerprint density at radius 2 is 2.27 bits per heavy atom. The van der Waals surface area contributed by atoms with Crippen LogP contribution in [0.25, 0.3) is 0 Å². The summed E-state index contributed by atoms with van der Waals surface area (Å²) >= 11 is 0. The van der Waals surface area contributed by atoms with Crippen LogP contribution in [0.2, 0.25) is 0 Å². The number of carboxylic acids is 1. The van der Waals surface area contributed by atoms with Gasteiger partial charge in [0, 0.05) is 13.0 Å². The second-order valence-corrected chi connectivity index (χ2v) is 2.05. The number of carbonyl (C=O) groups excluding carboxylic acids is 1. The molecule has 0 spiro atoms. The molecule has 0 radical (unpaired) electrons. The van der Waals surface area contributed by atoms with Crippen molar-refractivity contribution in [2.45, 2.75) is 12.8 Å². The molecule has 1 fully saturated rings. The van der Waals surface area contributed by atoms with Crippen LogP contribution in [0.1, 0.15) is 12.8 Å². The maximum absolute atomic E-state index is 10.1. The smallest absolute Gasteiger partial charge is 0.317 e. The van der Waals surface area contributed by atoms with Crippen LogP contribution in [-0.4, -0.2) is 30.1 Å². The van der Waals surface area contributed by atoms with Crippen LogP contribution in [0.4, 0.5) is 0 Å². The molecule has 1 rings (SSSR count). The molecule has 1 aliphatic heterocycles. The van der Waals surface area contributed by atoms with Crippen LogP contribution in [-0.2, 0) is 9.59 Å². The highest BCUT2D eigenvalue weighted by Gasteiger charge is 2.05. The zero-order chi connectivity index (χ0) is 8.69. The van der Waals surface area contributed by atoms with Crippen molar-refractivity contribution < 1.29 is 14.7 Å². The molecule has 0 saturated carbocycles. The number of amides is 1. The molecule has 0 unspecified atom stereocenters. The highest BCUT2D eigenvalue weighted by atomic mass is 16.4. The van der Waals surface area contributed by atoms with Gasteiger partial charge in [-0.25, -0.2) is 0 Å². The van der Waals surface area contributed by atoms with Gasteiger partial charge in [0.25, 0.3) is 0 Å². The van der Waals surface area contributed by atoms with E-state index in [0.717, 1.165) is 19.4 Å². The molecular formula is C6H12N2O3. The van der Waals surface area contributed by atoms with E-state index in [1.807, 2.05) is 0 Å². The first-order chi connectivity index (χ1) is 5.16. The summed E-state index contributed by atoms with van der Waals surface area (Å²) in [6.45, 7) is 0.610. The zero-order valence-electron chi connectivity index (χ0n) is 6.17. The summed E-state index contributed by atoms with van der Waals surface area (Å²) in [7, 11) is 0. The van der Waals surface area contributed by atoms with Gasteiger partial charge in [-0.15, -0.1) is 0 Å². The van der Waals surface area contributed by atoms with E-state index in [4.69, 9.17) is 5.11 Å². The molecule has 4 N–H and O–H groups in total. The van der Waals surface area contributed by atoms with Crippen LogP contribution in [0.3, 0.4) is 0 Å². The van der Waals surface area contributed by atoms with Gasteiger partial charge in [0.05, 0.1) is 6.54 Å². The van der Waals surface area contributed by atoms with Gasteiger partial charge in [-0.1, -0.05) is 0 Å². The normalized spacial score (nSPS) is 14.8. The molecule has 0 aliphatic carbocycles. The minimum atomic E-state index is -0.968. The Labute approximate surface area is 64.6 Å². The van der Waals surface area contributed by atoms with Gasteiger partial charge >= 0.3 is 5.97 Å². The van der Waals surface area contributed by atoms with Crippen LogP contribution < -0.4 is 11.1 Å². The van der Waals surface area contributed by atoms with Gasteiger partial charge in [-0.05, 0) is 6.42 Å². The van der Waals surface area contributed by atoms with E-state index in [1.54, 1.807) is 0 Å². The van der Waals surface area contributed by atoms with Crippen LogP contribution in [0, 0.1) is 0 Å². The zero-order valence-corrected chi connectivity index (χ0v) is 6.17. The van der Waals surface area contributed by atoms with Crippen LogP contribution >= 0.6 is 0 Å². The molecular weight excluding hydrogens is 148 g/mol. The maximum Gasteiger partial charge on any atom is 0.317 e. The Balaban J connectivity index is 0.000000187. The number of aliphatic carboxylic acids is 1. The summed E-state index contributed by atoms with van der Waals surface area (Å²) in [5.74, 6) is -0.764. The number of carbonyl (C=O) groups is 2. The van der Waals surface area contributed by atoms with Crippen molar-refractivity contribution in [2.24, 2.45) is 5.73 Å². The van der Waals surface area contributed by atoms with Gasteiger partial charge in [0.15, 0.2) is 0 Å². The number of rotatable bonds is 1. The summed E-state index contributed by atoms with van der Waals surface area (Å²) in [6, 6.07) is 0. The number of carboxylic acid groups (broad SMARTS) is 1. The first-order valence-electron chi connectivity index (χ1n) is 3.35. The summed E-state index contributed by atoms with van der Waals surface area (Å²) in [5, 5.41) is 10.3. The first kappa shape index (κ1) is 9.90. The quantitative estimate of drug-likeness (QED) is 0.455. The van der Waals surface area contributed by atoms with Gasteiger partial charge < -0.3 is 16.2 Å². The van der Waals surface area contributed by atoms with Gasteiger partial charge in [-0.2, -0.15) is 0 Å². The van der Waals surface area contributed by atoms with Gasteiger partial charge in [-0.3, -0.25) is 9.59 Å². The third-order valence-electron chi connectivity index (χ3n) is 1.08. The molecule has 1 aliphatic rings. The fourth-order valence-electron chi connectivity index (χ4n) is 0.565. The lowest BCUT2D eigenvalue weighted by molar-refractivity contribution is -0.135. The molecule has 1 saturated heterocycles. The minimum Gasteiger partial charge on any atom is -0.480 e. The Morgan fingerprint density at radius 1 is 1.73 bits per heavy atom. The summed E-state index contributed by atoms with van der Waals surface area (Å²) in [6.07, 6.45) is 1.76. The van der Waals surface area contributed by atoms with E-state index in [0.29, 0.717) is 0 Å². The van der Waals surface area contributed by atoms with Crippen molar-refractivity contribution in [3.05, 3.63) is 0 Å². The number of hydrogen-bond donors (Lipinski definition) is 3. The number of nitrogens with one attached hydrogen (secondary N) is 1. The molecule has 0 aromatic carbocycles. The van der Waals surface area contributed by atoms with Gasteiger partial charge in [0.2, 0.25) is 5.91 Å². The summed E-state index contributed by atoms with van der Waals surface area (Å²) in [5.41, 5.74) is 4.57. The largest absolute Gasteiger partial charge is 0.480 e. The van der Waals surface area contributed by atoms with Crippen molar-refractivity contribution in [3.63, 3.8) is 0 Å². The van der Waals surface area contributed by atoms with Crippen LogP contribution in [0.15, 0.2) is 0 Å². The molecule has 5 heteroatoms. The molecule has 0 bridgehead atoms. The lowest BCUT2D eigenvalue weighted by atomic mass is 10.4. The lowest BCUT2D eigenvalue weighted by Gasteiger charge is -1.80.